The van der Waals surface area contributed by atoms with Crippen molar-refractivity contribution in [1.82, 2.24) is 0 Å². The van der Waals surface area contributed by atoms with Crippen molar-refractivity contribution in [2.24, 2.45) is 23.7 Å². The minimum absolute atomic E-state index is 0.518. The first-order valence-corrected chi connectivity index (χ1v) is 17.3. The van der Waals surface area contributed by atoms with Crippen LogP contribution in [0.2, 0.25) is 0 Å². The lowest BCUT2D eigenvalue weighted by Crippen LogP contribution is -2.33. The zero-order valence-corrected chi connectivity index (χ0v) is 27.7. The third-order valence-electron chi connectivity index (χ3n) is 11.7. The van der Waals surface area contributed by atoms with Gasteiger partial charge in [-0.3, -0.25) is 0 Å². The molecule has 0 nitrogen and oxygen atoms in total. The molecule has 4 aliphatic carbocycles. The average molecular weight is 579 g/mol. The van der Waals surface area contributed by atoms with Crippen molar-refractivity contribution in [2.75, 3.05) is 0 Å². The van der Waals surface area contributed by atoms with Gasteiger partial charge >= 0.3 is 0 Å². The average Bonchev–Trinajstić information content (AvgIpc) is 3.54. The second-order valence-electron chi connectivity index (χ2n) is 15.1. The van der Waals surface area contributed by atoms with Crippen LogP contribution in [0, 0.1) is 37.5 Å². The molecule has 2 fully saturated rings. The molecule has 2 saturated carbocycles. The summed E-state index contributed by atoms with van der Waals surface area (Å²) >= 11 is 0. The molecule has 0 bridgehead atoms. The van der Waals surface area contributed by atoms with Crippen LogP contribution in [0.15, 0.2) is 78.9 Å². The van der Waals surface area contributed by atoms with E-state index in [0.717, 1.165) is 36.5 Å². The van der Waals surface area contributed by atoms with E-state index < -0.39 is 0 Å². The van der Waals surface area contributed by atoms with Gasteiger partial charge in [-0.05, 0) is 170 Å². The highest BCUT2D eigenvalue weighted by Crippen LogP contribution is 2.51. The van der Waals surface area contributed by atoms with Gasteiger partial charge in [0.15, 0.2) is 0 Å². The Hall–Kier alpha value is -3.38. The summed E-state index contributed by atoms with van der Waals surface area (Å²) in [7, 11) is 0. The molecule has 0 spiro atoms. The van der Waals surface area contributed by atoms with E-state index in [1.165, 1.54) is 105 Å². The van der Waals surface area contributed by atoms with Gasteiger partial charge in [-0.25, -0.2) is 0 Å². The van der Waals surface area contributed by atoms with Gasteiger partial charge in [0.2, 0.25) is 0 Å². The Labute approximate surface area is 266 Å². The van der Waals surface area contributed by atoms with Gasteiger partial charge < -0.3 is 0 Å². The lowest BCUT2D eigenvalue weighted by atomic mass is 9.62. The molecule has 3 aromatic carbocycles. The van der Waals surface area contributed by atoms with Gasteiger partial charge in [0.1, 0.15) is 0 Å². The molecule has 0 heterocycles. The van der Waals surface area contributed by atoms with Crippen LogP contribution in [0.3, 0.4) is 0 Å². The fraction of sp³-hybridized carbons (Fsp3) is 0.409. The maximum atomic E-state index is 4.29. The van der Waals surface area contributed by atoms with Crippen LogP contribution in [0.25, 0.3) is 28.3 Å². The Balaban J connectivity index is 1.15. The van der Waals surface area contributed by atoms with Crippen LogP contribution < -0.4 is 0 Å². The van der Waals surface area contributed by atoms with Crippen LogP contribution in [-0.2, 0) is 12.8 Å². The highest BCUT2D eigenvalue weighted by Gasteiger charge is 2.38. The van der Waals surface area contributed by atoms with E-state index in [9.17, 15) is 0 Å². The maximum absolute atomic E-state index is 4.29. The summed E-state index contributed by atoms with van der Waals surface area (Å²) in [4.78, 5) is 0. The van der Waals surface area contributed by atoms with Crippen LogP contribution in [0.4, 0.5) is 0 Å². The molecule has 0 aliphatic heterocycles. The number of hydrogen-bond acceptors (Lipinski definition) is 0. The van der Waals surface area contributed by atoms with Crippen molar-refractivity contribution in [3.05, 3.63) is 123 Å². The number of allylic oxidation sites excluding steroid dienone is 5. The Bertz CT molecular complexity index is 1690. The summed E-state index contributed by atoms with van der Waals surface area (Å²) in [6.07, 6.45) is 15.4. The number of hydrogen-bond donors (Lipinski definition) is 0. The molecule has 1 atom stereocenters. The first-order valence-electron chi connectivity index (χ1n) is 17.3. The highest BCUT2D eigenvalue weighted by molar-refractivity contribution is 5.94. The van der Waals surface area contributed by atoms with Crippen LogP contribution >= 0.6 is 0 Å². The monoisotopic (exact) mass is 578 g/mol. The van der Waals surface area contributed by atoms with Gasteiger partial charge in [0, 0.05) is 5.92 Å². The molecule has 0 radical (unpaired) electrons. The van der Waals surface area contributed by atoms with E-state index >= 15 is 0 Å². The molecule has 44 heavy (non-hydrogen) atoms. The molecule has 1 unspecified atom stereocenters. The lowest BCUT2D eigenvalue weighted by Gasteiger charge is -2.44. The quantitative estimate of drug-likeness (QED) is 0.245. The van der Waals surface area contributed by atoms with E-state index in [1.54, 1.807) is 11.1 Å². The second-order valence-corrected chi connectivity index (χ2v) is 15.1. The van der Waals surface area contributed by atoms with Gasteiger partial charge in [-0.1, -0.05) is 91.4 Å². The third-order valence-corrected chi connectivity index (χ3v) is 11.7. The Kier molecular flexibility index (Phi) is 7.68. The number of aryl methyl sites for hydroxylation is 2. The number of fused-ring (bicyclic) bond motifs is 2. The van der Waals surface area contributed by atoms with Crippen LogP contribution in [0.5, 0.6) is 0 Å². The lowest BCUT2D eigenvalue weighted by molar-refractivity contribution is 0.110. The Morgan fingerprint density at radius 1 is 0.841 bits per heavy atom. The zero-order valence-electron chi connectivity index (χ0n) is 27.7. The van der Waals surface area contributed by atoms with E-state index in [1.807, 2.05) is 0 Å². The molecular formula is C44H50. The fourth-order valence-corrected chi connectivity index (χ4v) is 9.02. The van der Waals surface area contributed by atoms with Crippen molar-refractivity contribution in [3.8, 4) is 11.1 Å². The molecule has 3 aromatic rings. The summed E-state index contributed by atoms with van der Waals surface area (Å²) in [6.45, 7) is 19.8. The molecule has 0 saturated heterocycles. The molecule has 226 valence electrons. The van der Waals surface area contributed by atoms with Gasteiger partial charge in [0.05, 0.1) is 0 Å². The summed E-state index contributed by atoms with van der Waals surface area (Å²) in [5, 5.41) is 0. The van der Waals surface area contributed by atoms with Crippen LogP contribution in [-0.4, -0.2) is 0 Å². The molecule has 0 amide bonds. The van der Waals surface area contributed by atoms with Crippen molar-refractivity contribution in [1.29, 1.82) is 0 Å². The SMILES string of the molecule is C=C(C)Cc1c(C)cc2c(c1-c1ccc(C)cc1)CC(c1ccc3c(c1)C(C1CCC(C4CC(C(=C)C)C4)CC1)=CC3C)=C2. The molecule has 0 N–H and O–H groups in total. The molecular weight excluding hydrogens is 528 g/mol. The molecule has 4 aliphatic rings. The Morgan fingerprint density at radius 2 is 1.55 bits per heavy atom. The molecule has 0 heteroatoms. The number of benzene rings is 3. The van der Waals surface area contributed by atoms with Crippen molar-refractivity contribution in [2.45, 2.75) is 91.9 Å². The largest absolute Gasteiger partial charge is 0.0999 e. The summed E-state index contributed by atoms with van der Waals surface area (Å²) in [5.41, 5.74) is 20.0. The van der Waals surface area contributed by atoms with Crippen molar-refractivity contribution in [3.63, 3.8) is 0 Å². The molecule has 7 rings (SSSR count). The summed E-state index contributed by atoms with van der Waals surface area (Å²) < 4.78 is 0. The fourth-order valence-electron chi connectivity index (χ4n) is 9.02. The normalized spacial score (nSPS) is 25.5. The van der Waals surface area contributed by atoms with E-state index in [-0.39, 0.29) is 0 Å². The second kappa shape index (κ2) is 11.5. The van der Waals surface area contributed by atoms with E-state index in [4.69, 9.17) is 0 Å². The van der Waals surface area contributed by atoms with Crippen molar-refractivity contribution < 1.29 is 0 Å². The zero-order chi connectivity index (χ0) is 30.7. The first-order chi connectivity index (χ1) is 21.2. The number of rotatable bonds is 7. The minimum Gasteiger partial charge on any atom is -0.0999 e. The summed E-state index contributed by atoms with van der Waals surface area (Å²) in [5.74, 6) is 3.93. The smallest absolute Gasteiger partial charge is 0.000174 e. The van der Waals surface area contributed by atoms with Gasteiger partial charge in [-0.15, -0.1) is 0 Å². The first kappa shape index (κ1) is 29.3. The highest BCUT2D eigenvalue weighted by atomic mass is 14.4. The minimum atomic E-state index is 0.518. The van der Waals surface area contributed by atoms with Gasteiger partial charge in [-0.2, -0.15) is 0 Å². The standard InChI is InChI=1S/C44H50/c1-26(2)18-40-29(6)19-38-23-37(25-42(38)44(40)33-10-8-28(5)9-11-33)34-16-17-39-30(7)20-41(43(39)24-34)32-14-12-31(13-15-32)36-21-35(22-36)27(3)4/h8-11,16-17,19-20,23-24,30-32,35-36H,1,3,12-15,18,21-22,25H2,2,4-7H3. The topological polar surface area (TPSA) is 0 Å². The summed E-state index contributed by atoms with van der Waals surface area (Å²) in [6, 6.07) is 19.0. The van der Waals surface area contributed by atoms with Gasteiger partial charge in [0.25, 0.3) is 0 Å². The predicted octanol–water partition coefficient (Wildman–Crippen LogP) is 12.1. The Morgan fingerprint density at radius 3 is 2.23 bits per heavy atom. The maximum Gasteiger partial charge on any atom is 0.000174 e. The molecule has 0 aromatic heterocycles. The van der Waals surface area contributed by atoms with E-state index in [0.29, 0.717) is 5.92 Å². The van der Waals surface area contributed by atoms with Crippen LogP contribution in [0.1, 0.15) is 110 Å². The third kappa shape index (κ3) is 5.29. The van der Waals surface area contributed by atoms with Crippen molar-refractivity contribution >= 4 is 17.2 Å². The predicted molar refractivity (Wildman–Crippen MR) is 191 cm³/mol. The van der Waals surface area contributed by atoms with E-state index in [2.05, 4.69) is 108 Å².